The second-order valence-corrected chi connectivity index (χ2v) is 9.94. The van der Waals surface area contributed by atoms with E-state index in [2.05, 4.69) is 20.2 Å². The van der Waals surface area contributed by atoms with E-state index in [1.807, 2.05) is 46.2 Å². The van der Waals surface area contributed by atoms with Gasteiger partial charge in [-0.25, -0.2) is 22.6 Å². The maximum Gasteiger partial charge on any atom is 0.333 e. The summed E-state index contributed by atoms with van der Waals surface area (Å²) >= 11 is 0. The highest BCUT2D eigenvalue weighted by Crippen LogP contribution is 2.34. The van der Waals surface area contributed by atoms with E-state index in [4.69, 9.17) is 4.74 Å². The summed E-state index contributed by atoms with van der Waals surface area (Å²) in [7, 11) is -4.15. The molecule has 0 unspecified atom stereocenters. The van der Waals surface area contributed by atoms with Gasteiger partial charge in [0.15, 0.2) is 4.90 Å². The molecule has 2 aromatic rings. The highest BCUT2D eigenvalue weighted by Gasteiger charge is 2.30. The molecule has 3 rings (SSSR count). The van der Waals surface area contributed by atoms with Crippen LogP contribution >= 0.6 is 0 Å². The van der Waals surface area contributed by atoms with Gasteiger partial charge in [0.05, 0.1) is 29.9 Å². The molecule has 0 aromatic carbocycles. The Labute approximate surface area is 177 Å². The Morgan fingerprint density at radius 2 is 1.87 bits per heavy atom. The average Bonchev–Trinajstić information content (AvgIpc) is 3.23. The van der Waals surface area contributed by atoms with E-state index in [1.165, 1.54) is 10.9 Å². The molecule has 10 nitrogen and oxygen atoms in total. The molecule has 30 heavy (non-hydrogen) atoms. The van der Waals surface area contributed by atoms with E-state index in [0.29, 0.717) is 24.5 Å². The lowest BCUT2D eigenvalue weighted by Crippen LogP contribution is -2.35. The van der Waals surface area contributed by atoms with Crippen LogP contribution in [-0.4, -0.2) is 40.6 Å². The molecular formula is C19H30N6O4S. The Bertz CT molecular complexity index is 1040. The van der Waals surface area contributed by atoms with Gasteiger partial charge in [0.25, 0.3) is 10.0 Å². The van der Waals surface area contributed by atoms with E-state index in [0.717, 1.165) is 12.1 Å². The number of anilines is 1. The molecule has 2 amide bonds. The number of sulfonamides is 1. The first-order valence-electron chi connectivity index (χ1n) is 10.2. The third kappa shape index (κ3) is 4.16. The quantitative estimate of drug-likeness (QED) is 0.715. The van der Waals surface area contributed by atoms with E-state index in [1.54, 1.807) is 0 Å². The Hall–Kier alpha value is -2.56. The first-order valence-corrected chi connectivity index (χ1v) is 11.7. The number of amides is 2. The van der Waals surface area contributed by atoms with Crippen molar-refractivity contribution in [3.8, 4) is 5.88 Å². The fourth-order valence-corrected chi connectivity index (χ4v) is 4.48. The first kappa shape index (κ1) is 22.1. The third-order valence-electron chi connectivity index (χ3n) is 4.83. The normalized spacial score (nSPS) is 14.2. The van der Waals surface area contributed by atoms with E-state index in [-0.39, 0.29) is 28.7 Å². The van der Waals surface area contributed by atoms with Crippen LogP contribution in [0.3, 0.4) is 0 Å². The second-order valence-electron chi connectivity index (χ2n) is 8.29. The molecule has 3 heterocycles. The van der Waals surface area contributed by atoms with E-state index < -0.39 is 16.1 Å². The number of aromatic nitrogens is 4. The minimum atomic E-state index is -4.15. The lowest BCUT2D eigenvalue weighted by atomic mass is 10.0. The highest BCUT2D eigenvalue weighted by atomic mass is 32.2. The predicted octanol–water partition coefficient (Wildman–Crippen LogP) is 3.20. The molecule has 2 N–H and O–H groups in total. The molecule has 1 aliphatic heterocycles. The molecule has 0 spiro atoms. The van der Waals surface area contributed by atoms with Crippen molar-refractivity contribution < 1.29 is 17.9 Å². The summed E-state index contributed by atoms with van der Waals surface area (Å²) in [6.07, 6.45) is 1.95. The van der Waals surface area contributed by atoms with Crippen LogP contribution < -0.4 is 14.8 Å². The molecule has 0 bridgehead atoms. The Morgan fingerprint density at radius 1 is 1.17 bits per heavy atom. The van der Waals surface area contributed by atoms with Gasteiger partial charge in [-0.1, -0.05) is 27.7 Å². The van der Waals surface area contributed by atoms with Crippen LogP contribution in [0, 0.1) is 0 Å². The van der Waals surface area contributed by atoms with Gasteiger partial charge in [-0.05, 0) is 25.7 Å². The van der Waals surface area contributed by atoms with Gasteiger partial charge < -0.3 is 10.1 Å². The van der Waals surface area contributed by atoms with Crippen LogP contribution in [0.5, 0.6) is 5.88 Å². The number of fused-ring (bicyclic) bond motifs is 1. The van der Waals surface area contributed by atoms with Crippen molar-refractivity contribution in [2.45, 2.75) is 77.3 Å². The summed E-state index contributed by atoms with van der Waals surface area (Å²) in [5.41, 5.74) is 2.12. The Kier molecular flexibility index (Phi) is 6.11. The molecule has 1 aliphatic rings. The van der Waals surface area contributed by atoms with Crippen molar-refractivity contribution in [1.82, 2.24) is 24.3 Å². The van der Waals surface area contributed by atoms with Crippen LogP contribution in [-0.2, 0) is 16.6 Å². The SMILES string of the molecule is CC(C)c1nn(C(C)C)c(C(C)C)c1NC(=O)NS(=O)(=O)c1cnn2c1OCCC2. The highest BCUT2D eigenvalue weighted by molar-refractivity contribution is 7.90. The van der Waals surface area contributed by atoms with Gasteiger partial charge in [-0.2, -0.15) is 10.2 Å². The van der Waals surface area contributed by atoms with Gasteiger partial charge in [0.1, 0.15) is 0 Å². The summed E-state index contributed by atoms with van der Waals surface area (Å²) in [6, 6.07) is -0.754. The molecule has 0 radical (unpaired) electrons. The van der Waals surface area contributed by atoms with Gasteiger partial charge in [-0.3, -0.25) is 4.68 Å². The monoisotopic (exact) mass is 438 g/mol. The molecule has 0 fully saturated rings. The number of carbonyl (C=O) groups is 1. The number of rotatable bonds is 6. The fourth-order valence-electron chi connectivity index (χ4n) is 3.49. The largest absolute Gasteiger partial charge is 0.477 e. The number of aryl methyl sites for hydroxylation is 1. The van der Waals surface area contributed by atoms with E-state index >= 15 is 0 Å². The Balaban J connectivity index is 1.90. The van der Waals surface area contributed by atoms with E-state index in [9.17, 15) is 13.2 Å². The number of hydrogen-bond acceptors (Lipinski definition) is 6. The number of carbonyl (C=O) groups excluding carboxylic acids is 1. The zero-order valence-electron chi connectivity index (χ0n) is 18.3. The number of nitrogens with zero attached hydrogens (tertiary/aromatic N) is 4. The molecule has 166 valence electrons. The molecule has 0 saturated heterocycles. The number of hydrogen-bond donors (Lipinski definition) is 2. The average molecular weight is 439 g/mol. The van der Waals surface area contributed by atoms with Gasteiger partial charge >= 0.3 is 6.03 Å². The molecule has 0 atom stereocenters. The molecule has 0 aliphatic carbocycles. The zero-order valence-corrected chi connectivity index (χ0v) is 19.1. The Morgan fingerprint density at radius 3 is 2.47 bits per heavy atom. The molecule has 2 aromatic heterocycles. The topological polar surface area (TPSA) is 120 Å². The van der Waals surface area contributed by atoms with Crippen molar-refractivity contribution in [3.05, 3.63) is 17.6 Å². The fraction of sp³-hybridized carbons (Fsp3) is 0.632. The van der Waals surface area contributed by atoms with Crippen molar-refractivity contribution in [1.29, 1.82) is 0 Å². The smallest absolute Gasteiger partial charge is 0.333 e. The maximum absolute atomic E-state index is 12.8. The minimum Gasteiger partial charge on any atom is -0.477 e. The van der Waals surface area contributed by atoms with Crippen LogP contribution in [0.4, 0.5) is 10.5 Å². The van der Waals surface area contributed by atoms with Crippen LogP contribution in [0.2, 0.25) is 0 Å². The maximum atomic E-state index is 12.8. The van der Waals surface area contributed by atoms with Crippen molar-refractivity contribution in [2.75, 3.05) is 11.9 Å². The first-order chi connectivity index (χ1) is 14.0. The molecular weight excluding hydrogens is 408 g/mol. The second kappa shape index (κ2) is 8.29. The van der Waals surface area contributed by atoms with Crippen LogP contribution in [0.1, 0.15) is 77.2 Å². The van der Waals surface area contributed by atoms with Gasteiger partial charge in [0, 0.05) is 19.0 Å². The number of nitrogens with one attached hydrogen (secondary N) is 2. The van der Waals surface area contributed by atoms with Crippen molar-refractivity contribution >= 4 is 21.7 Å². The summed E-state index contributed by atoms with van der Waals surface area (Å²) in [5.74, 6) is 0.279. The molecule has 11 heteroatoms. The van der Waals surface area contributed by atoms with Gasteiger partial charge in [-0.15, -0.1) is 0 Å². The lowest BCUT2D eigenvalue weighted by Gasteiger charge is -2.17. The lowest BCUT2D eigenvalue weighted by molar-refractivity contribution is 0.224. The number of ether oxygens (including phenoxy) is 1. The third-order valence-corrected chi connectivity index (χ3v) is 6.14. The molecule has 0 saturated carbocycles. The summed E-state index contributed by atoms with van der Waals surface area (Å²) < 4.78 is 36.5. The van der Waals surface area contributed by atoms with Crippen molar-refractivity contribution in [3.63, 3.8) is 0 Å². The summed E-state index contributed by atoms with van der Waals surface area (Å²) in [4.78, 5) is 12.6. The minimum absolute atomic E-state index is 0.0468. The van der Waals surface area contributed by atoms with Gasteiger partial charge in [0.2, 0.25) is 5.88 Å². The zero-order chi connectivity index (χ0) is 22.2. The van der Waals surface area contributed by atoms with Crippen molar-refractivity contribution in [2.24, 2.45) is 0 Å². The van der Waals surface area contributed by atoms with Crippen LogP contribution in [0.25, 0.3) is 0 Å². The standard InChI is InChI=1S/C19H30N6O4S/c1-11(2)15-16(17(12(3)4)25(22-15)13(5)6)21-19(26)23-30(27,28)14-10-20-24-8-7-9-29-18(14)24/h10-13H,7-9H2,1-6H3,(H2,21,23,26). The summed E-state index contributed by atoms with van der Waals surface area (Å²) in [6.45, 7) is 13.0. The summed E-state index contributed by atoms with van der Waals surface area (Å²) in [5, 5.41) is 11.5. The van der Waals surface area contributed by atoms with Crippen LogP contribution in [0.15, 0.2) is 11.1 Å². The number of urea groups is 1. The predicted molar refractivity (Wildman–Crippen MR) is 112 cm³/mol.